The molecule has 3 amide bonds. The molecule has 0 bridgehead atoms. The van der Waals surface area contributed by atoms with Gasteiger partial charge in [-0.3, -0.25) is 19.2 Å². The van der Waals surface area contributed by atoms with Gasteiger partial charge in [-0.2, -0.15) is 0 Å². The highest BCUT2D eigenvalue weighted by Gasteiger charge is 2.30. The molecule has 0 radical (unpaired) electrons. The number of nitrogens with one attached hydrogen (secondary N) is 2. The van der Waals surface area contributed by atoms with Crippen LogP contribution in [0, 0.1) is 5.82 Å². The topological polar surface area (TPSA) is 105 Å². The lowest BCUT2D eigenvalue weighted by Crippen LogP contribution is -2.42. The maximum absolute atomic E-state index is 13.2. The van der Waals surface area contributed by atoms with Gasteiger partial charge >= 0.3 is 5.97 Å². The number of nitrogens with zero attached hydrogens (tertiary/aromatic N) is 1. The summed E-state index contributed by atoms with van der Waals surface area (Å²) in [5.41, 5.74) is 1.07. The van der Waals surface area contributed by atoms with Crippen LogP contribution in [-0.2, 0) is 19.1 Å². The Labute approximate surface area is 172 Å². The number of rotatable bonds is 5. The molecule has 1 aliphatic heterocycles. The first-order valence-electron chi connectivity index (χ1n) is 9.25. The van der Waals surface area contributed by atoms with Crippen molar-refractivity contribution >= 4 is 35.1 Å². The first-order chi connectivity index (χ1) is 14.3. The molecule has 2 aromatic rings. The average Bonchev–Trinajstić information content (AvgIpc) is 2.84. The third kappa shape index (κ3) is 4.99. The van der Waals surface area contributed by atoms with Gasteiger partial charge in [0.2, 0.25) is 5.91 Å². The predicted octanol–water partition coefficient (Wildman–Crippen LogP) is 1.86. The van der Waals surface area contributed by atoms with E-state index in [0.29, 0.717) is 11.4 Å². The van der Waals surface area contributed by atoms with Crippen molar-refractivity contribution in [3.05, 3.63) is 59.9 Å². The van der Waals surface area contributed by atoms with Crippen molar-refractivity contribution in [1.29, 1.82) is 0 Å². The number of esters is 1. The Hall–Kier alpha value is -3.75. The number of hydrogen-bond donors (Lipinski definition) is 2. The number of halogens is 1. The van der Waals surface area contributed by atoms with E-state index < -0.39 is 42.8 Å². The van der Waals surface area contributed by atoms with Crippen molar-refractivity contribution in [3.63, 3.8) is 0 Å². The highest BCUT2D eigenvalue weighted by Crippen LogP contribution is 2.31. The quantitative estimate of drug-likeness (QED) is 0.728. The van der Waals surface area contributed by atoms with Crippen LogP contribution >= 0.6 is 0 Å². The zero-order valence-corrected chi connectivity index (χ0v) is 16.2. The SMILES string of the molecule is CC1CC(=O)Nc2ccccc2N1C(=O)COC(=O)CNC(=O)c1cccc(F)c1. The summed E-state index contributed by atoms with van der Waals surface area (Å²) in [6.45, 7) is 0.691. The molecule has 1 atom stereocenters. The van der Waals surface area contributed by atoms with Crippen molar-refractivity contribution in [2.75, 3.05) is 23.4 Å². The third-order valence-electron chi connectivity index (χ3n) is 4.46. The second kappa shape index (κ2) is 9.17. The molecule has 1 aliphatic rings. The summed E-state index contributed by atoms with van der Waals surface area (Å²) in [5.74, 6) is -2.76. The Morgan fingerprint density at radius 2 is 1.97 bits per heavy atom. The lowest BCUT2D eigenvalue weighted by Gasteiger charge is -2.27. The van der Waals surface area contributed by atoms with Crippen LogP contribution in [0.2, 0.25) is 0 Å². The normalized spacial score (nSPS) is 15.5. The van der Waals surface area contributed by atoms with E-state index >= 15 is 0 Å². The molecule has 9 heteroatoms. The van der Waals surface area contributed by atoms with E-state index in [1.54, 1.807) is 31.2 Å². The van der Waals surface area contributed by atoms with Crippen molar-refractivity contribution < 1.29 is 28.3 Å². The van der Waals surface area contributed by atoms with Gasteiger partial charge in [0.05, 0.1) is 11.4 Å². The number of carbonyl (C=O) groups excluding carboxylic acids is 4. The van der Waals surface area contributed by atoms with Crippen LogP contribution in [0.1, 0.15) is 23.7 Å². The minimum atomic E-state index is -0.821. The van der Waals surface area contributed by atoms with E-state index in [-0.39, 0.29) is 17.9 Å². The van der Waals surface area contributed by atoms with Gasteiger partial charge in [0, 0.05) is 18.0 Å². The monoisotopic (exact) mass is 413 g/mol. The fourth-order valence-electron chi connectivity index (χ4n) is 3.11. The molecule has 3 rings (SSSR count). The van der Waals surface area contributed by atoms with Crippen LogP contribution < -0.4 is 15.5 Å². The lowest BCUT2D eigenvalue weighted by molar-refractivity contribution is -0.146. The Morgan fingerprint density at radius 1 is 1.20 bits per heavy atom. The largest absolute Gasteiger partial charge is 0.454 e. The second-order valence-corrected chi connectivity index (χ2v) is 6.74. The molecule has 0 saturated carbocycles. The number of fused-ring (bicyclic) bond motifs is 1. The Morgan fingerprint density at radius 3 is 2.73 bits per heavy atom. The molecule has 0 saturated heterocycles. The van der Waals surface area contributed by atoms with Crippen LogP contribution in [0.5, 0.6) is 0 Å². The standard InChI is InChI=1S/C21H20FN3O5/c1-13-9-18(26)24-16-7-2-3-8-17(16)25(13)19(27)12-30-20(28)11-23-21(29)14-5-4-6-15(22)10-14/h2-8,10,13H,9,11-12H2,1H3,(H,23,29)(H,24,26). The second-order valence-electron chi connectivity index (χ2n) is 6.74. The first kappa shape index (κ1) is 21.0. The van der Waals surface area contributed by atoms with Gasteiger partial charge in [-0.05, 0) is 37.3 Å². The fraction of sp³-hybridized carbons (Fsp3) is 0.238. The molecular formula is C21H20FN3O5. The van der Waals surface area contributed by atoms with Crippen LogP contribution in [-0.4, -0.2) is 42.9 Å². The van der Waals surface area contributed by atoms with Gasteiger partial charge in [-0.1, -0.05) is 18.2 Å². The molecule has 0 aromatic heterocycles. The van der Waals surface area contributed by atoms with Crippen molar-refractivity contribution in [1.82, 2.24) is 5.32 Å². The average molecular weight is 413 g/mol. The summed E-state index contributed by atoms with van der Waals surface area (Å²) >= 11 is 0. The van der Waals surface area contributed by atoms with Gasteiger partial charge < -0.3 is 20.3 Å². The molecule has 1 unspecified atom stereocenters. The van der Waals surface area contributed by atoms with Crippen LogP contribution in [0.4, 0.5) is 15.8 Å². The number of carbonyl (C=O) groups is 4. The van der Waals surface area contributed by atoms with Gasteiger partial charge in [-0.25, -0.2) is 4.39 Å². The third-order valence-corrected chi connectivity index (χ3v) is 4.46. The summed E-state index contributed by atoms with van der Waals surface area (Å²) < 4.78 is 18.1. The molecule has 1 heterocycles. The summed E-state index contributed by atoms with van der Waals surface area (Å²) in [4.78, 5) is 50.0. The van der Waals surface area contributed by atoms with E-state index in [2.05, 4.69) is 10.6 Å². The van der Waals surface area contributed by atoms with Gasteiger partial charge in [-0.15, -0.1) is 0 Å². The Kier molecular flexibility index (Phi) is 6.41. The van der Waals surface area contributed by atoms with Crippen LogP contribution in [0.3, 0.4) is 0 Å². The minimum Gasteiger partial charge on any atom is -0.454 e. The molecular weight excluding hydrogens is 393 g/mol. The van der Waals surface area contributed by atoms with E-state index in [1.807, 2.05) is 0 Å². The number of anilines is 2. The minimum absolute atomic E-state index is 0.0612. The highest BCUT2D eigenvalue weighted by atomic mass is 19.1. The molecule has 0 aliphatic carbocycles. The fourth-order valence-corrected chi connectivity index (χ4v) is 3.11. The zero-order chi connectivity index (χ0) is 21.7. The first-order valence-corrected chi connectivity index (χ1v) is 9.25. The van der Waals surface area contributed by atoms with E-state index in [9.17, 15) is 23.6 Å². The molecule has 2 aromatic carbocycles. The molecule has 2 N–H and O–H groups in total. The van der Waals surface area contributed by atoms with Crippen molar-refractivity contribution in [3.8, 4) is 0 Å². The summed E-state index contributed by atoms with van der Waals surface area (Å²) in [7, 11) is 0. The van der Waals surface area contributed by atoms with E-state index in [1.165, 1.54) is 23.1 Å². The number of ether oxygens (including phenoxy) is 1. The molecule has 156 valence electrons. The van der Waals surface area contributed by atoms with Crippen molar-refractivity contribution in [2.45, 2.75) is 19.4 Å². The van der Waals surface area contributed by atoms with Crippen LogP contribution in [0.25, 0.3) is 0 Å². The van der Waals surface area contributed by atoms with Gasteiger partial charge in [0.25, 0.3) is 11.8 Å². The summed E-state index contributed by atoms with van der Waals surface area (Å²) in [6, 6.07) is 11.4. The predicted molar refractivity (Wildman–Crippen MR) is 106 cm³/mol. The number of para-hydroxylation sites is 2. The molecule has 8 nitrogen and oxygen atoms in total. The highest BCUT2D eigenvalue weighted by molar-refractivity contribution is 6.05. The summed E-state index contributed by atoms with van der Waals surface area (Å²) in [5, 5.41) is 5.05. The maximum atomic E-state index is 13.2. The van der Waals surface area contributed by atoms with E-state index in [0.717, 1.165) is 6.07 Å². The van der Waals surface area contributed by atoms with Crippen LogP contribution in [0.15, 0.2) is 48.5 Å². The van der Waals surface area contributed by atoms with Gasteiger partial charge in [0.1, 0.15) is 12.4 Å². The number of benzene rings is 2. The van der Waals surface area contributed by atoms with Gasteiger partial charge in [0.15, 0.2) is 6.61 Å². The Balaban J connectivity index is 1.57. The zero-order valence-electron chi connectivity index (χ0n) is 16.2. The van der Waals surface area contributed by atoms with Crippen molar-refractivity contribution in [2.24, 2.45) is 0 Å². The molecule has 30 heavy (non-hydrogen) atoms. The molecule has 0 spiro atoms. The maximum Gasteiger partial charge on any atom is 0.325 e. The lowest BCUT2D eigenvalue weighted by atomic mass is 10.1. The van der Waals surface area contributed by atoms with E-state index in [4.69, 9.17) is 4.74 Å². The smallest absolute Gasteiger partial charge is 0.325 e. The molecule has 0 fully saturated rings. The Bertz CT molecular complexity index is 994. The summed E-state index contributed by atoms with van der Waals surface area (Å²) in [6.07, 6.45) is 0.0953. The number of hydrogen-bond acceptors (Lipinski definition) is 5. The number of amides is 3.